The summed E-state index contributed by atoms with van der Waals surface area (Å²) in [6.45, 7) is 23.5. The summed E-state index contributed by atoms with van der Waals surface area (Å²) in [5.41, 5.74) is 2.04. The zero-order valence-electron chi connectivity index (χ0n) is 39.2. The summed E-state index contributed by atoms with van der Waals surface area (Å²) in [6, 6.07) is 20.6. The van der Waals surface area contributed by atoms with Crippen LogP contribution in [0.1, 0.15) is 132 Å². The Balaban J connectivity index is 1.22. The molecule has 0 unspecified atom stereocenters. The van der Waals surface area contributed by atoms with Gasteiger partial charge < -0.3 is 42.3 Å². The molecule has 4 aliphatic rings. The molecule has 0 aromatic heterocycles. The van der Waals surface area contributed by atoms with Gasteiger partial charge in [-0.2, -0.15) is 0 Å². The number of fused-ring (bicyclic) bond motifs is 3. The zero-order chi connectivity index (χ0) is 44.0. The topological polar surface area (TPSA) is 100 Å². The van der Waals surface area contributed by atoms with Crippen LogP contribution in [0.3, 0.4) is 0 Å². The van der Waals surface area contributed by atoms with E-state index in [0.717, 1.165) is 37.7 Å². The number of benzene rings is 2. The Morgan fingerprint density at radius 1 is 0.820 bits per heavy atom. The summed E-state index contributed by atoms with van der Waals surface area (Å²) in [6.07, 6.45) is 3.58. The molecule has 0 N–H and O–H groups in total. The molecule has 0 aliphatic carbocycles. The van der Waals surface area contributed by atoms with Crippen LogP contribution in [0.25, 0.3) is 0 Å². The highest BCUT2D eigenvalue weighted by Crippen LogP contribution is 2.51. The van der Waals surface area contributed by atoms with Crippen LogP contribution in [0.2, 0.25) is 16.6 Å². The first-order valence-electron chi connectivity index (χ1n) is 23.3. The van der Waals surface area contributed by atoms with Gasteiger partial charge >= 0.3 is 5.97 Å². The Morgan fingerprint density at radius 2 is 1.46 bits per heavy atom. The van der Waals surface area contributed by atoms with Crippen LogP contribution in [0.5, 0.6) is 0 Å². The maximum Gasteiger partial charge on any atom is 0.311 e. The Labute approximate surface area is 368 Å². The number of hydrogen-bond acceptors (Lipinski definition) is 10. The predicted molar refractivity (Wildman–Crippen MR) is 240 cm³/mol. The normalized spacial score (nSPS) is 32.2. The molecule has 0 saturated carbocycles. The lowest BCUT2D eigenvalue weighted by Gasteiger charge is -2.60. The van der Waals surface area contributed by atoms with E-state index in [1.165, 1.54) is 5.56 Å². The van der Waals surface area contributed by atoms with Crippen molar-refractivity contribution in [2.45, 2.75) is 211 Å². The smallest absolute Gasteiger partial charge is 0.311 e. The van der Waals surface area contributed by atoms with E-state index in [0.29, 0.717) is 55.7 Å². The number of rotatable bonds is 17. The molecule has 0 radical (unpaired) electrons. The monoisotopic (exact) mass is 867 g/mol. The standard InChI is InChI=1S/C50H78O10Si/c1-34(2)61(35(3)4,36(5)6)60-40-25-18-26-44-49(10,58-43(40)33-55-47(51)48(7,8)9)30-45-50(52-11,59-44)29-42-46(57-45)41(54-32-38-22-16-13-17-23-38)28-39(56-42)24-19-27-53-31-37-20-14-12-15-21-37/h12-17,20-23,34-36,39-46H,18-19,24-33H2,1-11H3/t39-,40+,41+,42-,43-,44-,45-,46+,49+,50+/m1/s1. The first kappa shape index (κ1) is 48.3. The van der Waals surface area contributed by atoms with Crippen molar-refractivity contribution in [1.82, 2.24) is 0 Å². The van der Waals surface area contributed by atoms with Gasteiger partial charge in [0, 0.05) is 33.0 Å². The van der Waals surface area contributed by atoms with Crippen LogP contribution in [0.15, 0.2) is 60.7 Å². The third-order valence-corrected chi connectivity index (χ3v) is 20.1. The molecule has 0 bridgehead atoms. The van der Waals surface area contributed by atoms with Crippen molar-refractivity contribution in [2.24, 2.45) is 5.41 Å². The van der Waals surface area contributed by atoms with E-state index < -0.39 is 37.3 Å². The summed E-state index contributed by atoms with van der Waals surface area (Å²) in [7, 11) is -0.600. The molecule has 2 aromatic rings. The molecule has 2 aromatic carbocycles. The van der Waals surface area contributed by atoms with Gasteiger partial charge in [-0.15, -0.1) is 0 Å². The van der Waals surface area contributed by atoms with Gasteiger partial charge in [-0.3, -0.25) is 4.79 Å². The van der Waals surface area contributed by atoms with Gasteiger partial charge in [0.05, 0.1) is 54.7 Å². The fourth-order valence-corrected chi connectivity index (χ4v) is 16.3. The number of methoxy groups -OCH3 is 1. The Kier molecular flexibility index (Phi) is 16.4. The fourth-order valence-electron chi connectivity index (χ4n) is 10.7. The summed E-state index contributed by atoms with van der Waals surface area (Å²) in [5.74, 6) is -1.28. The third-order valence-electron chi connectivity index (χ3n) is 13.9. The molecule has 4 aliphatic heterocycles. The van der Waals surface area contributed by atoms with Crippen LogP contribution in [-0.2, 0) is 60.3 Å². The first-order chi connectivity index (χ1) is 29.0. The SMILES string of the molecule is CO[C@]12C[C@H]3O[C@H](CCCOCc4ccccc4)C[C@H](OCc4ccccc4)[C@@H]3O[C@@H]1C[C@]1(C)O[C@H](COC(=O)C(C)(C)C)[C@@H](O[Si](C(C)C)(C(C)C)C(C)C)CCC[C@H]1O2. The number of carbonyl (C=O) groups excluding carboxylic acids is 1. The van der Waals surface area contributed by atoms with Crippen molar-refractivity contribution in [3.8, 4) is 0 Å². The molecule has 4 fully saturated rings. The highest BCUT2D eigenvalue weighted by Gasteiger charge is 2.63. The molecule has 61 heavy (non-hydrogen) atoms. The van der Waals surface area contributed by atoms with Gasteiger partial charge in [0.25, 0.3) is 0 Å². The van der Waals surface area contributed by atoms with Gasteiger partial charge in [-0.25, -0.2) is 0 Å². The third kappa shape index (κ3) is 11.4. The van der Waals surface area contributed by atoms with Gasteiger partial charge in [-0.1, -0.05) is 102 Å². The van der Waals surface area contributed by atoms with Crippen LogP contribution >= 0.6 is 0 Å². The van der Waals surface area contributed by atoms with Crippen molar-refractivity contribution in [2.75, 3.05) is 20.3 Å². The largest absolute Gasteiger partial charge is 0.462 e. The van der Waals surface area contributed by atoms with E-state index in [1.807, 2.05) is 57.2 Å². The Bertz CT molecular complexity index is 1630. The lowest BCUT2D eigenvalue weighted by atomic mass is 9.77. The average Bonchev–Trinajstić information content (AvgIpc) is 3.21. The van der Waals surface area contributed by atoms with E-state index in [9.17, 15) is 4.79 Å². The quantitative estimate of drug-likeness (QED) is 0.0868. The van der Waals surface area contributed by atoms with E-state index in [4.69, 9.17) is 42.3 Å². The zero-order valence-corrected chi connectivity index (χ0v) is 40.2. The number of hydrogen-bond donors (Lipinski definition) is 0. The van der Waals surface area contributed by atoms with Crippen molar-refractivity contribution in [3.63, 3.8) is 0 Å². The van der Waals surface area contributed by atoms with Crippen LogP contribution in [0.4, 0.5) is 0 Å². The molecule has 0 amide bonds. The minimum atomic E-state index is -2.33. The second kappa shape index (κ2) is 20.8. The molecule has 11 heteroatoms. The number of ether oxygens (including phenoxy) is 8. The van der Waals surface area contributed by atoms with Gasteiger partial charge in [-0.05, 0) is 87.5 Å². The van der Waals surface area contributed by atoms with Crippen LogP contribution in [-0.4, -0.2) is 94.8 Å². The first-order valence-corrected chi connectivity index (χ1v) is 25.5. The molecular weight excluding hydrogens is 789 g/mol. The summed E-state index contributed by atoms with van der Waals surface area (Å²) >= 11 is 0. The van der Waals surface area contributed by atoms with Crippen molar-refractivity contribution < 1.29 is 47.1 Å². The van der Waals surface area contributed by atoms with E-state index in [1.54, 1.807) is 7.11 Å². The lowest BCUT2D eigenvalue weighted by molar-refractivity contribution is -0.411. The summed E-state index contributed by atoms with van der Waals surface area (Å²) < 4.78 is 61.5. The Hall–Kier alpha value is -2.19. The maximum atomic E-state index is 13.3. The number of esters is 1. The number of carbonyl (C=O) groups is 1. The van der Waals surface area contributed by atoms with Gasteiger partial charge in [0.2, 0.25) is 8.32 Å². The van der Waals surface area contributed by atoms with E-state index >= 15 is 0 Å². The molecule has 10 atom stereocenters. The average molecular weight is 867 g/mol. The highest BCUT2D eigenvalue weighted by molar-refractivity contribution is 6.77. The van der Waals surface area contributed by atoms with E-state index in [-0.39, 0.29) is 49.2 Å². The summed E-state index contributed by atoms with van der Waals surface area (Å²) in [4.78, 5) is 13.3. The minimum absolute atomic E-state index is 0.0262. The second-order valence-corrected chi connectivity index (χ2v) is 25.8. The maximum absolute atomic E-state index is 13.3. The van der Waals surface area contributed by atoms with Crippen molar-refractivity contribution in [3.05, 3.63) is 71.8 Å². The molecule has 10 nitrogen and oxygen atoms in total. The fraction of sp³-hybridized carbons (Fsp3) is 0.740. The van der Waals surface area contributed by atoms with E-state index in [2.05, 4.69) is 72.7 Å². The van der Waals surface area contributed by atoms with Gasteiger partial charge in [0.1, 0.15) is 24.9 Å². The van der Waals surface area contributed by atoms with Crippen molar-refractivity contribution in [1.29, 1.82) is 0 Å². The molecule has 4 heterocycles. The molecule has 6 rings (SSSR count). The molecule has 342 valence electrons. The van der Waals surface area contributed by atoms with Crippen LogP contribution < -0.4 is 0 Å². The Morgan fingerprint density at radius 3 is 2.07 bits per heavy atom. The molecular formula is C50H78O10Si. The predicted octanol–water partition coefficient (Wildman–Crippen LogP) is 10.5. The molecule has 0 spiro atoms. The summed E-state index contributed by atoms with van der Waals surface area (Å²) in [5, 5.41) is 0. The molecule has 4 saturated heterocycles. The van der Waals surface area contributed by atoms with Crippen molar-refractivity contribution >= 4 is 14.3 Å². The second-order valence-electron chi connectivity index (χ2n) is 20.4. The van der Waals surface area contributed by atoms with Gasteiger partial charge in [0.15, 0.2) is 5.79 Å². The lowest BCUT2D eigenvalue weighted by Crippen LogP contribution is -2.71. The highest BCUT2D eigenvalue weighted by atomic mass is 28.4. The van der Waals surface area contributed by atoms with Crippen LogP contribution in [0, 0.1) is 5.41 Å². The minimum Gasteiger partial charge on any atom is -0.462 e.